The maximum Gasteiger partial charge on any atom is 0.410 e. The van der Waals surface area contributed by atoms with Gasteiger partial charge in [-0.3, -0.25) is 4.79 Å². The summed E-state index contributed by atoms with van der Waals surface area (Å²) in [7, 11) is 1.51. The minimum atomic E-state index is -4.51. The first kappa shape index (κ1) is 23.1. The van der Waals surface area contributed by atoms with Crippen LogP contribution in [0.3, 0.4) is 0 Å². The first-order valence-corrected chi connectivity index (χ1v) is 11.5. The maximum atomic E-state index is 14.0. The van der Waals surface area contributed by atoms with Crippen LogP contribution in [-0.2, 0) is 0 Å². The molecule has 1 saturated heterocycles. The third kappa shape index (κ3) is 4.52. The molecule has 1 fully saturated rings. The second-order valence-corrected chi connectivity index (χ2v) is 8.73. The van der Waals surface area contributed by atoms with Gasteiger partial charge >= 0.3 is 6.18 Å². The molecule has 1 N–H and O–H groups in total. The SMILES string of the molecule is COc1cccc(C2CC(C(F)(F)F)n3ncc(C(=O)N4CCN(c5ccccc5)CC4)c3N2)c1. The number of ether oxygens (including phenoxy) is 1. The lowest BCUT2D eigenvalue weighted by Gasteiger charge is -2.37. The molecule has 184 valence electrons. The number of benzene rings is 2. The lowest BCUT2D eigenvalue weighted by atomic mass is 9.96. The molecule has 0 bridgehead atoms. The summed E-state index contributed by atoms with van der Waals surface area (Å²) >= 11 is 0. The minimum absolute atomic E-state index is 0.0990. The molecule has 0 radical (unpaired) electrons. The largest absolute Gasteiger partial charge is 0.497 e. The number of halogens is 3. The van der Waals surface area contributed by atoms with E-state index in [2.05, 4.69) is 15.3 Å². The predicted molar refractivity (Wildman–Crippen MR) is 126 cm³/mol. The van der Waals surface area contributed by atoms with E-state index >= 15 is 0 Å². The number of amides is 1. The number of alkyl halides is 3. The summed E-state index contributed by atoms with van der Waals surface area (Å²) in [6.45, 7) is 2.23. The van der Waals surface area contributed by atoms with E-state index in [9.17, 15) is 18.0 Å². The number of fused-ring (bicyclic) bond motifs is 1. The van der Waals surface area contributed by atoms with Crippen molar-refractivity contribution in [3.05, 3.63) is 71.9 Å². The van der Waals surface area contributed by atoms with Crippen LogP contribution in [0.25, 0.3) is 0 Å². The van der Waals surface area contributed by atoms with Crippen LogP contribution in [0.5, 0.6) is 5.75 Å². The summed E-state index contributed by atoms with van der Waals surface area (Å²) in [6.07, 6.45) is -3.50. The third-order valence-electron chi connectivity index (χ3n) is 6.65. The van der Waals surface area contributed by atoms with Crippen molar-refractivity contribution in [3.63, 3.8) is 0 Å². The van der Waals surface area contributed by atoms with Crippen LogP contribution >= 0.6 is 0 Å². The normalized spacial score (nSPS) is 20.2. The fourth-order valence-electron chi connectivity index (χ4n) is 4.77. The van der Waals surface area contributed by atoms with Crippen molar-refractivity contribution in [3.8, 4) is 5.75 Å². The molecule has 5 rings (SSSR count). The summed E-state index contributed by atoms with van der Waals surface area (Å²) in [5.41, 5.74) is 1.89. The molecule has 3 heterocycles. The Morgan fingerprint density at radius 1 is 1.06 bits per heavy atom. The molecule has 2 aromatic carbocycles. The van der Waals surface area contributed by atoms with Crippen LogP contribution < -0.4 is 15.0 Å². The van der Waals surface area contributed by atoms with Crippen molar-refractivity contribution in [2.75, 3.05) is 43.5 Å². The van der Waals surface area contributed by atoms with E-state index in [0.29, 0.717) is 37.5 Å². The molecular formula is C25H26F3N5O2. The third-order valence-corrected chi connectivity index (χ3v) is 6.65. The van der Waals surface area contributed by atoms with Gasteiger partial charge in [-0.2, -0.15) is 18.3 Å². The highest BCUT2D eigenvalue weighted by Crippen LogP contribution is 2.44. The summed E-state index contributed by atoms with van der Waals surface area (Å²) in [5, 5.41) is 7.15. The number of rotatable bonds is 4. The number of hydrogen-bond donors (Lipinski definition) is 1. The van der Waals surface area contributed by atoms with E-state index < -0.39 is 18.3 Å². The molecule has 3 aromatic rings. The van der Waals surface area contributed by atoms with Crippen LogP contribution in [0.2, 0.25) is 0 Å². The molecular weight excluding hydrogens is 459 g/mol. The van der Waals surface area contributed by atoms with Gasteiger partial charge in [-0.25, -0.2) is 4.68 Å². The van der Waals surface area contributed by atoms with Gasteiger partial charge in [0.15, 0.2) is 6.04 Å². The number of piperazine rings is 1. The van der Waals surface area contributed by atoms with Gasteiger partial charge in [0.2, 0.25) is 0 Å². The molecule has 1 aromatic heterocycles. The molecule has 35 heavy (non-hydrogen) atoms. The fourth-order valence-corrected chi connectivity index (χ4v) is 4.77. The van der Waals surface area contributed by atoms with Crippen LogP contribution in [0, 0.1) is 0 Å². The second-order valence-electron chi connectivity index (χ2n) is 8.73. The molecule has 1 amide bonds. The average Bonchev–Trinajstić information content (AvgIpc) is 3.31. The highest BCUT2D eigenvalue weighted by molar-refractivity contribution is 5.99. The Morgan fingerprint density at radius 3 is 2.49 bits per heavy atom. The molecule has 2 unspecified atom stereocenters. The zero-order valence-corrected chi connectivity index (χ0v) is 19.2. The van der Waals surface area contributed by atoms with Gasteiger partial charge in [0.05, 0.1) is 19.3 Å². The number of hydrogen-bond acceptors (Lipinski definition) is 5. The molecule has 2 aliphatic rings. The van der Waals surface area contributed by atoms with Crippen LogP contribution in [0.4, 0.5) is 24.7 Å². The number of methoxy groups -OCH3 is 1. The van der Waals surface area contributed by atoms with E-state index in [4.69, 9.17) is 4.74 Å². The number of nitrogens with zero attached hydrogens (tertiary/aromatic N) is 4. The Hall–Kier alpha value is -3.69. The van der Waals surface area contributed by atoms with Gasteiger partial charge < -0.3 is 19.9 Å². The second kappa shape index (κ2) is 9.16. The zero-order chi connectivity index (χ0) is 24.6. The first-order chi connectivity index (χ1) is 16.8. The van der Waals surface area contributed by atoms with Gasteiger partial charge in [0, 0.05) is 38.3 Å². The lowest BCUT2D eigenvalue weighted by molar-refractivity contribution is -0.173. The van der Waals surface area contributed by atoms with Crippen molar-refractivity contribution in [1.82, 2.24) is 14.7 Å². The molecule has 0 saturated carbocycles. The summed E-state index contributed by atoms with van der Waals surface area (Å²) in [4.78, 5) is 17.3. The number of carbonyl (C=O) groups is 1. The molecule has 2 atom stereocenters. The van der Waals surface area contributed by atoms with Gasteiger partial charge in [-0.1, -0.05) is 30.3 Å². The maximum absolute atomic E-state index is 14.0. The number of carbonyl (C=O) groups excluding carboxylic acids is 1. The number of nitrogens with one attached hydrogen (secondary N) is 1. The fraction of sp³-hybridized carbons (Fsp3) is 0.360. The van der Waals surface area contributed by atoms with Crippen molar-refractivity contribution >= 4 is 17.4 Å². The lowest BCUT2D eigenvalue weighted by Crippen LogP contribution is -2.49. The molecule has 10 heteroatoms. The van der Waals surface area contributed by atoms with Crippen molar-refractivity contribution in [2.45, 2.75) is 24.7 Å². The van der Waals surface area contributed by atoms with E-state index in [1.54, 1.807) is 29.2 Å². The number of aromatic nitrogens is 2. The standard InChI is InChI=1S/C25H26F3N5O2/c1-35-19-9-5-6-17(14-19)21-15-22(25(26,27)28)33-23(30-21)20(16-29-33)24(34)32-12-10-31(11-13-32)18-7-3-2-4-8-18/h2-9,14,16,21-22,30H,10-13,15H2,1H3. The zero-order valence-electron chi connectivity index (χ0n) is 19.2. The molecule has 0 spiro atoms. The van der Waals surface area contributed by atoms with E-state index in [0.717, 1.165) is 10.4 Å². The highest BCUT2D eigenvalue weighted by atomic mass is 19.4. The monoisotopic (exact) mass is 485 g/mol. The molecule has 0 aliphatic carbocycles. The van der Waals surface area contributed by atoms with Crippen LogP contribution in [0.1, 0.15) is 34.4 Å². The summed E-state index contributed by atoms with van der Waals surface area (Å²) < 4.78 is 48.2. The average molecular weight is 486 g/mol. The minimum Gasteiger partial charge on any atom is -0.497 e. The smallest absolute Gasteiger partial charge is 0.410 e. The molecule has 2 aliphatic heterocycles. The van der Waals surface area contributed by atoms with E-state index in [1.807, 2.05) is 30.3 Å². The van der Waals surface area contributed by atoms with Crippen molar-refractivity contribution in [1.29, 1.82) is 0 Å². The van der Waals surface area contributed by atoms with E-state index in [1.165, 1.54) is 13.3 Å². The van der Waals surface area contributed by atoms with E-state index in [-0.39, 0.29) is 23.7 Å². The van der Waals surface area contributed by atoms with Gasteiger partial charge in [-0.15, -0.1) is 0 Å². The predicted octanol–water partition coefficient (Wildman–Crippen LogP) is 4.51. The molecule has 7 nitrogen and oxygen atoms in total. The summed E-state index contributed by atoms with van der Waals surface area (Å²) in [5.74, 6) is 0.333. The Morgan fingerprint density at radius 2 is 1.80 bits per heavy atom. The highest BCUT2D eigenvalue weighted by Gasteiger charge is 2.47. The topological polar surface area (TPSA) is 62.6 Å². The quantitative estimate of drug-likeness (QED) is 0.589. The van der Waals surface area contributed by atoms with Crippen molar-refractivity contribution in [2.24, 2.45) is 0 Å². The van der Waals surface area contributed by atoms with Gasteiger partial charge in [-0.05, 0) is 29.8 Å². The first-order valence-electron chi connectivity index (χ1n) is 11.5. The number of para-hydroxylation sites is 1. The van der Waals surface area contributed by atoms with Crippen LogP contribution in [0.15, 0.2) is 60.8 Å². The Labute approximate surface area is 201 Å². The Balaban J connectivity index is 1.39. The Bertz CT molecular complexity index is 1190. The van der Waals surface area contributed by atoms with Gasteiger partial charge in [0.1, 0.15) is 17.1 Å². The number of anilines is 2. The summed E-state index contributed by atoms with van der Waals surface area (Å²) in [6, 6.07) is 14.4. The van der Waals surface area contributed by atoms with Crippen LogP contribution in [-0.4, -0.2) is 60.1 Å². The van der Waals surface area contributed by atoms with Crippen molar-refractivity contribution < 1.29 is 22.7 Å². The van der Waals surface area contributed by atoms with Gasteiger partial charge in [0.25, 0.3) is 5.91 Å². The Kier molecular flexibility index (Phi) is 6.04.